The lowest BCUT2D eigenvalue weighted by molar-refractivity contribution is -0.132. The molecule has 0 spiro atoms. The largest absolute Gasteiger partial charge is 0.497 e. The van der Waals surface area contributed by atoms with Crippen molar-refractivity contribution < 1.29 is 19.1 Å². The fourth-order valence-corrected chi connectivity index (χ4v) is 3.50. The SMILES string of the molecule is COc1ccc(C2(C(=O)NCCN3CCC(NC(C)=O)C3=O)CC2)cc1. The predicted octanol–water partition coefficient (Wildman–Crippen LogP) is 0.580. The van der Waals surface area contributed by atoms with E-state index in [1.165, 1.54) is 6.92 Å². The van der Waals surface area contributed by atoms with Gasteiger partial charge < -0.3 is 20.3 Å². The van der Waals surface area contributed by atoms with Crippen molar-refractivity contribution in [2.45, 2.75) is 37.6 Å². The number of carbonyl (C=O) groups is 3. The molecule has 0 radical (unpaired) electrons. The summed E-state index contributed by atoms with van der Waals surface area (Å²) < 4.78 is 5.16. The van der Waals surface area contributed by atoms with Crippen LogP contribution in [0.25, 0.3) is 0 Å². The number of rotatable bonds is 7. The Bertz CT molecular complexity index is 697. The van der Waals surface area contributed by atoms with E-state index in [1.54, 1.807) is 12.0 Å². The Balaban J connectivity index is 1.50. The molecule has 0 aromatic heterocycles. The number of nitrogens with zero attached hydrogens (tertiary/aromatic N) is 1. The molecule has 2 fully saturated rings. The van der Waals surface area contributed by atoms with Crippen LogP contribution in [0.5, 0.6) is 5.75 Å². The molecule has 1 atom stereocenters. The van der Waals surface area contributed by atoms with Crippen LogP contribution in [0.3, 0.4) is 0 Å². The maximum atomic E-state index is 12.6. The molecule has 3 rings (SSSR count). The molecule has 1 unspecified atom stereocenters. The molecule has 1 saturated carbocycles. The molecule has 1 saturated heterocycles. The van der Waals surface area contributed by atoms with Crippen molar-refractivity contribution in [1.82, 2.24) is 15.5 Å². The quantitative estimate of drug-likeness (QED) is 0.745. The zero-order valence-corrected chi connectivity index (χ0v) is 15.2. The number of nitrogens with one attached hydrogen (secondary N) is 2. The highest BCUT2D eigenvalue weighted by Gasteiger charge is 2.51. The number of likely N-dealkylation sites (tertiary alicyclic amines) is 1. The minimum atomic E-state index is -0.444. The third kappa shape index (κ3) is 3.66. The van der Waals surface area contributed by atoms with E-state index in [-0.39, 0.29) is 17.7 Å². The average Bonchev–Trinajstić information content (AvgIpc) is 3.38. The van der Waals surface area contributed by atoms with E-state index in [9.17, 15) is 14.4 Å². The van der Waals surface area contributed by atoms with Gasteiger partial charge in [0.05, 0.1) is 12.5 Å². The van der Waals surface area contributed by atoms with Crippen molar-refractivity contribution >= 4 is 17.7 Å². The second-order valence-electron chi connectivity index (χ2n) is 6.93. The van der Waals surface area contributed by atoms with Gasteiger partial charge >= 0.3 is 0 Å². The first-order valence-electron chi connectivity index (χ1n) is 8.95. The monoisotopic (exact) mass is 359 g/mol. The Morgan fingerprint density at radius 3 is 2.54 bits per heavy atom. The van der Waals surface area contributed by atoms with Crippen LogP contribution in [0.1, 0.15) is 31.7 Å². The topological polar surface area (TPSA) is 87.7 Å². The maximum absolute atomic E-state index is 12.6. The lowest BCUT2D eigenvalue weighted by Crippen LogP contribution is -2.43. The first-order valence-corrected chi connectivity index (χ1v) is 8.95. The minimum absolute atomic E-state index is 0.00715. The van der Waals surface area contributed by atoms with E-state index in [0.717, 1.165) is 24.2 Å². The molecule has 1 heterocycles. The van der Waals surface area contributed by atoms with Crippen LogP contribution < -0.4 is 15.4 Å². The van der Waals surface area contributed by atoms with E-state index in [1.807, 2.05) is 24.3 Å². The molecule has 7 heteroatoms. The van der Waals surface area contributed by atoms with Crippen molar-refractivity contribution in [2.24, 2.45) is 0 Å². The Hall–Kier alpha value is -2.57. The van der Waals surface area contributed by atoms with Gasteiger partial charge in [0.2, 0.25) is 17.7 Å². The highest BCUT2D eigenvalue weighted by atomic mass is 16.5. The molecule has 2 N–H and O–H groups in total. The van der Waals surface area contributed by atoms with E-state index < -0.39 is 11.5 Å². The zero-order valence-electron chi connectivity index (χ0n) is 15.2. The third-order valence-electron chi connectivity index (χ3n) is 5.17. The van der Waals surface area contributed by atoms with Gasteiger partial charge in [-0.3, -0.25) is 14.4 Å². The van der Waals surface area contributed by atoms with Gasteiger partial charge in [-0.05, 0) is 37.0 Å². The smallest absolute Gasteiger partial charge is 0.245 e. The van der Waals surface area contributed by atoms with Gasteiger partial charge in [-0.1, -0.05) is 12.1 Å². The zero-order chi connectivity index (χ0) is 18.7. The number of methoxy groups -OCH3 is 1. The van der Waals surface area contributed by atoms with Crippen LogP contribution in [0, 0.1) is 0 Å². The standard InChI is InChI=1S/C19H25N3O4/c1-13(23)21-16-7-11-22(17(16)24)12-10-20-18(25)19(8-9-19)14-3-5-15(26-2)6-4-14/h3-6,16H,7-12H2,1-2H3,(H,20,25)(H,21,23). The average molecular weight is 359 g/mol. The lowest BCUT2D eigenvalue weighted by Gasteiger charge is -2.20. The van der Waals surface area contributed by atoms with Gasteiger partial charge in [-0.25, -0.2) is 0 Å². The first-order chi connectivity index (χ1) is 12.5. The Morgan fingerprint density at radius 1 is 1.27 bits per heavy atom. The summed E-state index contributed by atoms with van der Waals surface area (Å²) in [7, 11) is 1.62. The van der Waals surface area contributed by atoms with Crippen molar-refractivity contribution in [3.05, 3.63) is 29.8 Å². The van der Waals surface area contributed by atoms with Gasteiger partial charge in [0.25, 0.3) is 0 Å². The van der Waals surface area contributed by atoms with Gasteiger partial charge in [0.15, 0.2) is 0 Å². The molecule has 0 bridgehead atoms. The van der Waals surface area contributed by atoms with Crippen molar-refractivity contribution in [1.29, 1.82) is 0 Å². The van der Waals surface area contributed by atoms with Crippen molar-refractivity contribution in [3.8, 4) is 5.75 Å². The molecular weight excluding hydrogens is 334 g/mol. The summed E-state index contributed by atoms with van der Waals surface area (Å²) in [6.07, 6.45) is 2.28. The highest BCUT2D eigenvalue weighted by Crippen LogP contribution is 2.48. The summed E-state index contributed by atoms with van der Waals surface area (Å²) >= 11 is 0. The molecule has 1 aromatic carbocycles. The first kappa shape index (κ1) is 18.2. The third-order valence-corrected chi connectivity index (χ3v) is 5.17. The summed E-state index contributed by atoms with van der Waals surface area (Å²) in [6.45, 7) is 2.88. The lowest BCUT2D eigenvalue weighted by atomic mass is 9.95. The number of hydrogen-bond acceptors (Lipinski definition) is 4. The van der Waals surface area contributed by atoms with Gasteiger partial charge in [-0.15, -0.1) is 0 Å². The molecule has 3 amide bonds. The fourth-order valence-electron chi connectivity index (χ4n) is 3.50. The summed E-state index contributed by atoms with van der Waals surface area (Å²) in [6, 6.07) is 7.18. The number of carbonyl (C=O) groups excluding carboxylic acids is 3. The van der Waals surface area contributed by atoms with E-state index in [0.29, 0.717) is 26.1 Å². The molecule has 1 aliphatic heterocycles. The van der Waals surface area contributed by atoms with Crippen molar-refractivity contribution in [2.75, 3.05) is 26.7 Å². The van der Waals surface area contributed by atoms with Crippen LogP contribution in [-0.2, 0) is 19.8 Å². The number of benzene rings is 1. The predicted molar refractivity (Wildman–Crippen MR) is 95.7 cm³/mol. The van der Waals surface area contributed by atoms with Crippen LogP contribution in [0.4, 0.5) is 0 Å². The number of amides is 3. The Labute approximate surface area is 153 Å². The second-order valence-corrected chi connectivity index (χ2v) is 6.93. The van der Waals surface area contributed by atoms with Gasteiger partial charge in [0, 0.05) is 26.6 Å². The molecule has 140 valence electrons. The maximum Gasteiger partial charge on any atom is 0.245 e. The van der Waals surface area contributed by atoms with Crippen LogP contribution in [0.15, 0.2) is 24.3 Å². The molecule has 7 nitrogen and oxygen atoms in total. The number of hydrogen-bond donors (Lipinski definition) is 2. The van der Waals surface area contributed by atoms with Crippen LogP contribution >= 0.6 is 0 Å². The molecule has 1 aliphatic carbocycles. The Kier molecular flexibility index (Phi) is 5.15. The number of ether oxygens (including phenoxy) is 1. The molecule has 26 heavy (non-hydrogen) atoms. The molecular formula is C19H25N3O4. The fraction of sp³-hybridized carbons (Fsp3) is 0.526. The Morgan fingerprint density at radius 2 is 1.96 bits per heavy atom. The van der Waals surface area contributed by atoms with Gasteiger partial charge in [-0.2, -0.15) is 0 Å². The highest BCUT2D eigenvalue weighted by molar-refractivity contribution is 5.91. The summed E-state index contributed by atoms with van der Waals surface area (Å²) in [5.41, 5.74) is 0.554. The second kappa shape index (κ2) is 7.35. The minimum Gasteiger partial charge on any atom is -0.497 e. The van der Waals surface area contributed by atoms with E-state index >= 15 is 0 Å². The van der Waals surface area contributed by atoms with Crippen LogP contribution in [-0.4, -0.2) is 55.4 Å². The summed E-state index contributed by atoms with van der Waals surface area (Å²) in [5.74, 6) is 0.498. The van der Waals surface area contributed by atoms with Crippen LogP contribution in [0.2, 0.25) is 0 Å². The molecule has 2 aliphatic rings. The summed E-state index contributed by atoms with van der Waals surface area (Å²) in [4.78, 5) is 37.6. The van der Waals surface area contributed by atoms with E-state index in [4.69, 9.17) is 4.74 Å². The summed E-state index contributed by atoms with van der Waals surface area (Å²) in [5, 5.41) is 5.62. The van der Waals surface area contributed by atoms with E-state index in [2.05, 4.69) is 10.6 Å². The molecule has 1 aromatic rings. The van der Waals surface area contributed by atoms with Crippen molar-refractivity contribution in [3.63, 3.8) is 0 Å². The van der Waals surface area contributed by atoms with Gasteiger partial charge in [0.1, 0.15) is 11.8 Å². The normalized spacial score (nSPS) is 20.6.